The number of amides is 4. The van der Waals surface area contributed by atoms with Gasteiger partial charge in [0.1, 0.15) is 5.69 Å². The Labute approximate surface area is 221 Å². The number of benzene rings is 2. The van der Waals surface area contributed by atoms with E-state index in [2.05, 4.69) is 10.6 Å². The van der Waals surface area contributed by atoms with Crippen LogP contribution in [0, 0.1) is 5.41 Å². The predicted molar refractivity (Wildman–Crippen MR) is 146 cm³/mol. The van der Waals surface area contributed by atoms with E-state index in [0.717, 1.165) is 30.2 Å². The van der Waals surface area contributed by atoms with E-state index < -0.39 is 0 Å². The number of piperidine rings is 1. The smallest absolute Gasteiger partial charge is 0.270 e. The number of rotatable bonds is 4. The van der Waals surface area contributed by atoms with Crippen LogP contribution in [0.25, 0.3) is 10.9 Å². The van der Waals surface area contributed by atoms with Crippen molar-refractivity contribution in [2.24, 2.45) is 12.5 Å². The maximum atomic E-state index is 13.4. The second kappa shape index (κ2) is 9.96. The zero-order valence-corrected chi connectivity index (χ0v) is 22.0. The summed E-state index contributed by atoms with van der Waals surface area (Å²) in [4.78, 5) is 53.7. The van der Waals surface area contributed by atoms with Gasteiger partial charge in [0.15, 0.2) is 0 Å². The van der Waals surface area contributed by atoms with Gasteiger partial charge in [-0.3, -0.25) is 19.2 Å². The molecule has 1 spiro atoms. The Morgan fingerprint density at radius 2 is 1.39 bits per heavy atom. The molecule has 0 radical (unpaired) electrons. The third kappa shape index (κ3) is 4.88. The van der Waals surface area contributed by atoms with Gasteiger partial charge < -0.3 is 25.0 Å². The summed E-state index contributed by atoms with van der Waals surface area (Å²) >= 11 is 0. The van der Waals surface area contributed by atoms with Gasteiger partial charge in [0.25, 0.3) is 11.8 Å². The SMILES string of the molecule is CC(=O)Nc1ccc(C(=O)N2CCC3(CCN(C(=O)c4cc5ccccc5n4C)CC3)C2)cc1NC(C)=O. The number of hydrogen-bond donors (Lipinski definition) is 2. The molecule has 2 saturated heterocycles. The maximum absolute atomic E-state index is 13.4. The molecule has 2 aliphatic heterocycles. The molecule has 9 nitrogen and oxygen atoms in total. The first kappa shape index (κ1) is 25.5. The number of aryl methyl sites for hydroxylation is 1. The van der Waals surface area contributed by atoms with Crippen LogP contribution in [-0.4, -0.2) is 64.2 Å². The molecule has 2 aromatic carbocycles. The number of likely N-dealkylation sites (tertiary alicyclic amines) is 2. The highest BCUT2D eigenvalue weighted by Gasteiger charge is 2.43. The highest BCUT2D eigenvalue weighted by Crippen LogP contribution is 2.41. The van der Waals surface area contributed by atoms with Crippen LogP contribution in [0.3, 0.4) is 0 Å². The summed E-state index contributed by atoms with van der Waals surface area (Å²) in [6, 6.07) is 14.9. The second-order valence-electron chi connectivity index (χ2n) is 10.5. The number of fused-ring (bicyclic) bond motifs is 1. The molecule has 0 unspecified atom stereocenters. The number of aromatic nitrogens is 1. The van der Waals surface area contributed by atoms with E-state index in [1.165, 1.54) is 13.8 Å². The molecular weight excluding hydrogens is 482 g/mol. The lowest BCUT2D eigenvalue weighted by Crippen LogP contribution is -2.45. The van der Waals surface area contributed by atoms with Gasteiger partial charge in [-0.25, -0.2) is 0 Å². The number of hydrogen-bond acceptors (Lipinski definition) is 4. The number of nitrogens with one attached hydrogen (secondary N) is 2. The Morgan fingerprint density at radius 1 is 0.763 bits per heavy atom. The molecule has 9 heteroatoms. The largest absolute Gasteiger partial charge is 0.340 e. The van der Waals surface area contributed by atoms with Crippen LogP contribution < -0.4 is 10.6 Å². The Bertz CT molecular complexity index is 1430. The molecule has 0 bridgehead atoms. The second-order valence-corrected chi connectivity index (χ2v) is 10.5. The van der Waals surface area contributed by atoms with Gasteiger partial charge in [0, 0.05) is 63.5 Å². The molecule has 3 heterocycles. The molecule has 3 aromatic rings. The summed E-state index contributed by atoms with van der Waals surface area (Å²) in [6.45, 7) is 5.40. The van der Waals surface area contributed by atoms with Crippen LogP contribution in [0.1, 0.15) is 54.0 Å². The highest BCUT2D eigenvalue weighted by atomic mass is 16.2. The first-order valence-electron chi connectivity index (χ1n) is 13.0. The Balaban J connectivity index is 1.25. The molecule has 198 valence electrons. The highest BCUT2D eigenvalue weighted by molar-refractivity contribution is 6.02. The van der Waals surface area contributed by atoms with Gasteiger partial charge >= 0.3 is 0 Å². The van der Waals surface area contributed by atoms with Crippen LogP contribution in [0.15, 0.2) is 48.5 Å². The minimum atomic E-state index is -0.286. The molecule has 2 N–H and O–H groups in total. The van der Waals surface area contributed by atoms with Crippen molar-refractivity contribution in [1.29, 1.82) is 0 Å². The lowest BCUT2D eigenvalue weighted by Gasteiger charge is -2.39. The molecule has 0 saturated carbocycles. The Morgan fingerprint density at radius 3 is 2.05 bits per heavy atom. The minimum Gasteiger partial charge on any atom is -0.340 e. The zero-order chi connectivity index (χ0) is 27.0. The molecule has 4 amide bonds. The summed E-state index contributed by atoms with van der Waals surface area (Å²) in [7, 11) is 1.93. The zero-order valence-electron chi connectivity index (χ0n) is 22.0. The van der Waals surface area contributed by atoms with E-state index in [1.54, 1.807) is 18.2 Å². The number of carbonyl (C=O) groups is 4. The third-order valence-corrected chi connectivity index (χ3v) is 7.90. The minimum absolute atomic E-state index is 0.00194. The van der Waals surface area contributed by atoms with Gasteiger partial charge in [-0.2, -0.15) is 0 Å². The molecule has 5 rings (SSSR count). The lowest BCUT2D eigenvalue weighted by atomic mass is 9.77. The third-order valence-electron chi connectivity index (χ3n) is 7.90. The number of para-hydroxylation sites is 1. The summed E-state index contributed by atoms with van der Waals surface area (Å²) in [6.07, 6.45) is 2.60. The molecule has 2 aliphatic rings. The predicted octanol–water partition coefficient (Wildman–Crippen LogP) is 3.86. The van der Waals surface area contributed by atoms with E-state index in [-0.39, 0.29) is 29.0 Å². The van der Waals surface area contributed by atoms with Crippen LogP contribution >= 0.6 is 0 Å². The first-order chi connectivity index (χ1) is 18.2. The van der Waals surface area contributed by atoms with Crippen molar-refractivity contribution in [3.8, 4) is 0 Å². The monoisotopic (exact) mass is 515 g/mol. The fourth-order valence-corrected chi connectivity index (χ4v) is 5.81. The van der Waals surface area contributed by atoms with E-state index in [4.69, 9.17) is 0 Å². The molecular formula is C29H33N5O4. The van der Waals surface area contributed by atoms with Crippen LogP contribution in [0.5, 0.6) is 0 Å². The van der Waals surface area contributed by atoms with E-state index in [0.29, 0.717) is 48.8 Å². The van der Waals surface area contributed by atoms with Crippen molar-refractivity contribution in [3.05, 3.63) is 59.8 Å². The fourth-order valence-electron chi connectivity index (χ4n) is 5.81. The van der Waals surface area contributed by atoms with Crippen LogP contribution in [-0.2, 0) is 16.6 Å². The molecule has 38 heavy (non-hydrogen) atoms. The van der Waals surface area contributed by atoms with Gasteiger partial charge in [0.2, 0.25) is 11.8 Å². The van der Waals surface area contributed by atoms with Gasteiger partial charge in [-0.15, -0.1) is 0 Å². The fraction of sp³-hybridized carbons (Fsp3) is 0.379. The molecule has 2 fully saturated rings. The quantitative estimate of drug-likeness (QED) is 0.551. The molecule has 1 aromatic heterocycles. The van der Waals surface area contributed by atoms with Gasteiger partial charge in [0.05, 0.1) is 11.4 Å². The van der Waals surface area contributed by atoms with Crippen molar-refractivity contribution in [2.75, 3.05) is 36.8 Å². The normalized spacial score (nSPS) is 16.6. The average Bonchev–Trinajstić information content (AvgIpc) is 3.45. The van der Waals surface area contributed by atoms with Crippen LogP contribution in [0.2, 0.25) is 0 Å². The van der Waals surface area contributed by atoms with Crippen molar-refractivity contribution in [2.45, 2.75) is 33.1 Å². The van der Waals surface area contributed by atoms with Crippen molar-refractivity contribution < 1.29 is 19.2 Å². The Kier molecular flexibility index (Phi) is 6.69. The summed E-state index contributed by atoms with van der Waals surface area (Å²) in [5.41, 5.74) is 3.05. The number of nitrogens with zero attached hydrogens (tertiary/aromatic N) is 3. The summed E-state index contributed by atoms with van der Waals surface area (Å²) < 4.78 is 1.96. The van der Waals surface area contributed by atoms with Crippen molar-refractivity contribution in [1.82, 2.24) is 14.4 Å². The number of anilines is 2. The maximum Gasteiger partial charge on any atom is 0.270 e. The summed E-state index contributed by atoms with van der Waals surface area (Å²) in [5.74, 6) is -0.598. The van der Waals surface area contributed by atoms with Crippen molar-refractivity contribution in [3.63, 3.8) is 0 Å². The van der Waals surface area contributed by atoms with Crippen LogP contribution in [0.4, 0.5) is 11.4 Å². The topological polar surface area (TPSA) is 104 Å². The molecule has 0 aliphatic carbocycles. The Hall–Kier alpha value is -4.14. The van der Waals surface area contributed by atoms with Gasteiger partial charge in [-0.05, 0) is 55.0 Å². The van der Waals surface area contributed by atoms with E-state index >= 15 is 0 Å². The standard InChI is InChI=1S/C29H33N5O4/c1-19(35)30-23-9-8-22(16-24(23)31-20(2)36)27(37)34-15-12-29(18-34)10-13-33(14-11-29)28(38)26-17-21-6-4-5-7-25(21)32(26)3/h4-9,16-17H,10-15,18H2,1-3H3,(H,30,35)(H,31,36). The van der Waals surface area contributed by atoms with Crippen molar-refractivity contribution >= 4 is 45.9 Å². The van der Waals surface area contributed by atoms with E-state index in [9.17, 15) is 19.2 Å². The summed E-state index contributed by atoms with van der Waals surface area (Å²) in [5, 5.41) is 6.44. The lowest BCUT2D eigenvalue weighted by molar-refractivity contribution is -0.115. The first-order valence-corrected chi connectivity index (χ1v) is 13.0. The number of carbonyl (C=O) groups excluding carboxylic acids is 4. The molecule has 0 atom stereocenters. The average molecular weight is 516 g/mol. The van der Waals surface area contributed by atoms with E-state index in [1.807, 2.05) is 51.7 Å². The van der Waals surface area contributed by atoms with Gasteiger partial charge in [-0.1, -0.05) is 18.2 Å².